The van der Waals surface area contributed by atoms with Gasteiger partial charge >= 0.3 is 5.97 Å². The molecule has 3 rings (SSSR count). The number of imidazole rings is 1. The lowest BCUT2D eigenvalue weighted by molar-refractivity contribution is -0.139. The molecule has 0 spiro atoms. The standard InChI is InChI=1S/C26H31N3O3/c1-18(2)13-24(19(3)30)28-25(26(31)32)14-22-15-27-17-29(22)16-21-11-7-8-12-23(21)20-9-5-4-6-10-20/h4-12,15,17-18,24-25,28H,13-14,16H2,1-3H3,(H,31,32)/t24?,25-/m0/s1. The second-order valence-corrected chi connectivity index (χ2v) is 8.59. The van der Waals surface area contributed by atoms with E-state index in [1.165, 1.54) is 6.92 Å². The SMILES string of the molecule is CC(=O)C(CC(C)C)N[C@@H](Cc1cncn1Cc1ccccc1-c1ccccc1)C(=O)O. The quantitative estimate of drug-likeness (QED) is 0.474. The van der Waals surface area contributed by atoms with Gasteiger partial charge in [-0.2, -0.15) is 0 Å². The number of nitrogens with zero attached hydrogens (tertiary/aromatic N) is 2. The van der Waals surface area contributed by atoms with E-state index in [4.69, 9.17) is 0 Å². The van der Waals surface area contributed by atoms with Crippen LogP contribution in [0, 0.1) is 5.92 Å². The lowest BCUT2D eigenvalue weighted by Crippen LogP contribution is -2.48. The summed E-state index contributed by atoms with van der Waals surface area (Å²) in [6, 6.07) is 17.0. The molecule has 1 aromatic heterocycles. The Morgan fingerprint density at radius 3 is 2.38 bits per heavy atom. The fourth-order valence-electron chi connectivity index (χ4n) is 3.89. The number of ketones is 1. The molecule has 1 unspecified atom stereocenters. The number of hydrogen-bond acceptors (Lipinski definition) is 4. The van der Waals surface area contributed by atoms with E-state index < -0.39 is 18.1 Å². The summed E-state index contributed by atoms with van der Waals surface area (Å²) in [5.74, 6) is -0.737. The molecule has 0 saturated carbocycles. The van der Waals surface area contributed by atoms with Crippen molar-refractivity contribution in [2.75, 3.05) is 0 Å². The highest BCUT2D eigenvalue weighted by molar-refractivity contribution is 5.83. The second-order valence-electron chi connectivity index (χ2n) is 8.59. The fourth-order valence-corrected chi connectivity index (χ4v) is 3.89. The van der Waals surface area contributed by atoms with Crippen LogP contribution in [0.1, 0.15) is 38.4 Å². The number of hydrogen-bond donors (Lipinski definition) is 2. The Labute approximate surface area is 189 Å². The summed E-state index contributed by atoms with van der Waals surface area (Å²) in [4.78, 5) is 28.3. The van der Waals surface area contributed by atoms with E-state index in [-0.39, 0.29) is 18.1 Å². The Bertz CT molecular complexity index is 1040. The predicted molar refractivity (Wildman–Crippen MR) is 125 cm³/mol. The third-order valence-corrected chi connectivity index (χ3v) is 5.55. The van der Waals surface area contributed by atoms with Crippen molar-refractivity contribution in [3.05, 3.63) is 78.4 Å². The summed E-state index contributed by atoms with van der Waals surface area (Å²) in [5.41, 5.74) is 4.20. The Morgan fingerprint density at radius 2 is 1.72 bits per heavy atom. The average Bonchev–Trinajstić information content (AvgIpc) is 3.19. The minimum atomic E-state index is -0.975. The first-order valence-corrected chi connectivity index (χ1v) is 11.0. The summed E-state index contributed by atoms with van der Waals surface area (Å²) in [7, 11) is 0. The van der Waals surface area contributed by atoms with Crippen molar-refractivity contribution in [2.24, 2.45) is 5.92 Å². The van der Waals surface area contributed by atoms with Crippen molar-refractivity contribution >= 4 is 11.8 Å². The third kappa shape index (κ3) is 6.14. The molecule has 3 aromatic rings. The molecule has 32 heavy (non-hydrogen) atoms. The van der Waals surface area contributed by atoms with Crippen LogP contribution in [0.3, 0.4) is 0 Å². The minimum absolute atomic E-state index is 0.0461. The van der Waals surface area contributed by atoms with Gasteiger partial charge in [0, 0.05) is 24.9 Å². The first-order chi connectivity index (χ1) is 15.3. The van der Waals surface area contributed by atoms with E-state index >= 15 is 0 Å². The summed E-state index contributed by atoms with van der Waals surface area (Å²) in [6.07, 6.45) is 4.27. The number of carbonyl (C=O) groups excluding carboxylic acids is 1. The predicted octanol–water partition coefficient (Wildman–Crippen LogP) is 4.19. The molecule has 6 nitrogen and oxygen atoms in total. The fraction of sp³-hybridized carbons (Fsp3) is 0.346. The minimum Gasteiger partial charge on any atom is -0.480 e. The van der Waals surface area contributed by atoms with Gasteiger partial charge in [0.05, 0.1) is 12.4 Å². The number of aromatic nitrogens is 2. The van der Waals surface area contributed by atoms with E-state index in [9.17, 15) is 14.7 Å². The zero-order valence-electron chi connectivity index (χ0n) is 18.9. The van der Waals surface area contributed by atoms with E-state index in [2.05, 4.69) is 34.6 Å². The molecule has 6 heteroatoms. The van der Waals surface area contributed by atoms with Gasteiger partial charge in [0.25, 0.3) is 0 Å². The number of nitrogens with one attached hydrogen (secondary N) is 1. The Kier molecular flexibility index (Phi) is 7.95. The van der Waals surface area contributed by atoms with Crippen LogP contribution in [-0.2, 0) is 22.6 Å². The molecule has 1 heterocycles. The first kappa shape index (κ1) is 23.4. The highest BCUT2D eigenvalue weighted by atomic mass is 16.4. The van der Waals surface area contributed by atoms with E-state index in [1.807, 2.05) is 48.7 Å². The van der Waals surface area contributed by atoms with Crippen LogP contribution < -0.4 is 5.32 Å². The number of Topliss-reactive ketones (excluding diaryl/α,β-unsaturated/α-hetero) is 1. The number of carbonyl (C=O) groups is 2. The second kappa shape index (κ2) is 10.9. The molecule has 168 valence electrons. The van der Waals surface area contributed by atoms with Gasteiger partial charge in [-0.3, -0.25) is 14.9 Å². The maximum Gasteiger partial charge on any atom is 0.321 e. The van der Waals surface area contributed by atoms with E-state index in [0.717, 1.165) is 22.4 Å². The van der Waals surface area contributed by atoms with Crippen molar-refractivity contribution in [1.82, 2.24) is 14.9 Å². The maximum atomic E-state index is 12.0. The Hall–Kier alpha value is -3.25. The maximum absolute atomic E-state index is 12.0. The highest BCUT2D eigenvalue weighted by Crippen LogP contribution is 2.24. The zero-order valence-corrected chi connectivity index (χ0v) is 18.9. The number of benzene rings is 2. The number of aliphatic carboxylic acids is 1. The van der Waals surface area contributed by atoms with Crippen LogP contribution in [0.15, 0.2) is 67.1 Å². The van der Waals surface area contributed by atoms with Crippen LogP contribution >= 0.6 is 0 Å². The molecule has 0 aliphatic carbocycles. The van der Waals surface area contributed by atoms with Gasteiger partial charge in [-0.25, -0.2) is 4.98 Å². The van der Waals surface area contributed by atoms with Gasteiger partial charge in [-0.15, -0.1) is 0 Å². The third-order valence-electron chi connectivity index (χ3n) is 5.55. The molecule has 0 aliphatic heterocycles. The molecular formula is C26H31N3O3. The summed E-state index contributed by atoms with van der Waals surface area (Å²) < 4.78 is 1.98. The van der Waals surface area contributed by atoms with Crippen LogP contribution in [0.4, 0.5) is 0 Å². The number of carboxylic acid groups (broad SMARTS) is 1. The lowest BCUT2D eigenvalue weighted by atomic mass is 9.99. The molecule has 0 bridgehead atoms. The van der Waals surface area contributed by atoms with Crippen LogP contribution in [0.5, 0.6) is 0 Å². The molecule has 0 amide bonds. The van der Waals surface area contributed by atoms with Crippen molar-refractivity contribution in [3.8, 4) is 11.1 Å². The average molecular weight is 434 g/mol. The van der Waals surface area contributed by atoms with Gasteiger partial charge in [0.1, 0.15) is 11.8 Å². The van der Waals surface area contributed by atoms with Crippen LogP contribution in [0.25, 0.3) is 11.1 Å². The van der Waals surface area contributed by atoms with Crippen molar-refractivity contribution in [1.29, 1.82) is 0 Å². The monoisotopic (exact) mass is 433 g/mol. The molecular weight excluding hydrogens is 402 g/mol. The molecule has 2 aromatic carbocycles. The molecule has 2 atom stereocenters. The van der Waals surface area contributed by atoms with Gasteiger partial charge in [0.2, 0.25) is 0 Å². The van der Waals surface area contributed by atoms with Crippen LogP contribution in [0.2, 0.25) is 0 Å². The van der Waals surface area contributed by atoms with Crippen LogP contribution in [-0.4, -0.2) is 38.5 Å². The molecule has 0 saturated heterocycles. The molecule has 0 aliphatic rings. The first-order valence-electron chi connectivity index (χ1n) is 11.0. The lowest BCUT2D eigenvalue weighted by Gasteiger charge is -2.23. The van der Waals surface area contributed by atoms with Gasteiger partial charge in [-0.1, -0.05) is 68.4 Å². The van der Waals surface area contributed by atoms with Crippen molar-refractivity contribution in [3.63, 3.8) is 0 Å². The Balaban J connectivity index is 1.81. The summed E-state index contributed by atoms with van der Waals surface area (Å²) in [6.45, 7) is 6.12. The smallest absolute Gasteiger partial charge is 0.321 e. The molecule has 0 radical (unpaired) electrons. The van der Waals surface area contributed by atoms with E-state index in [1.54, 1.807) is 12.5 Å². The summed E-state index contributed by atoms with van der Waals surface area (Å²) in [5, 5.41) is 12.9. The van der Waals surface area contributed by atoms with Gasteiger partial charge in [0.15, 0.2) is 0 Å². The number of rotatable bonds is 11. The zero-order chi connectivity index (χ0) is 23.1. The molecule has 0 fully saturated rings. The highest BCUT2D eigenvalue weighted by Gasteiger charge is 2.26. The topological polar surface area (TPSA) is 84.2 Å². The normalized spacial score (nSPS) is 13.1. The largest absolute Gasteiger partial charge is 0.480 e. The summed E-state index contributed by atoms with van der Waals surface area (Å²) >= 11 is 0. The van der Waals surface area contributed by atoms with Gasteiger partial charge in [-0.05, 0) is 36.0 Å². The number of carboxylic acids is 1. The van der Waals surface area contributed by atoms with Gasteiger partial charge < -0.3 is 9.67 Å². The van der Waals surface area contributed by atoms with E-state index in [0.29, 0.717) is 13.0 Å². The van der Waals surface area contributed by atoms with Crippen molar-refractivity contribution < 1.29 is 14.7 Å². The Morgan fingerprint density at radius 1 is 1.03 bits per heavy atom. The molecule has 2 N–H and O–H groups in total. The van der Waals surface area contributed by atoms with Crippen molar-refractivity contribution in [2.45, 2.75) is 52.2 Å².